The lowest BCUT2D eigenvalue weighted by Crippen LogP contribution is -2.46. The van der Waals surface area contributed by atoms with Gasteiger partial charge in [-0.1, -0.05) is 13.5 Å². The van der Waals surface area contributed by atoms with Crippen LogP contribution < -0.4 is 25.0 Å². The summed E-state index contributed by atoms with van der Waals surface area (Å²) in [6.45, 7) is 10.4. The maximum atomic E-state index is 15.0. The number of amides is 1. The summed E-state index contributed by atoms with van der Waals surface area (Å²) in [5.74, 6) is -3.58. The number of thiophene rings is 1. The summed E-state index contributed by atoms with van der Waals surface area (Å²) in [7, 11) is 2.44. The molecule has 0 atom stereocenters. The minimum Gasteiger partial charge on any atom is -0.494 e. The monoisotopic (exact) mass is 607 g/mol. The fourth-order valence-corrected chi connectivity index (χ4v) is 5.87. The van der Waals surface area contributed by atoms with Gasteiger partial charge in [0.05, 0.1) is 30.5 Å². The number of methoxy groups -OCH3 is 2. The Kier molecular flexibility index (Phi) is 8.88. The van der Waals surface area contributed by atoms with Gasteiger partial charge in [-0.2, -0.15) is 0 Å². The lowest BCUT2D eigenvalue weighted by Gasteiger charge is -2.35. The summed E-state index contributed by atoms with van der Waals surface area (Å²) in [5.41, 5.74) is 1.39. The van der Waals surface area contributed by atoms with E-state index in [2.05, 4.69) is 38.9 Å². The van der Waals surface area contributed by atoms with Crippen molar-refractivity contribution in [3.63, 3.8) is 0 Å². The van der Waals surface area contributed by atoms with Gasteiger partial charge in [0, 0.05) is 43.3 Å². The Labute approximate surface area is 251 Å². The molecule has 1 aliphatic rings. The van der Waals surface area contributed by atoms with E-state index in [1.165, 1.54) is 26.4 Å². The molecule has 0 aliphatic carbocycles. The third kappa shape index (κ3) is 6.15. The number of ketones is 1. The van der Waals surface area contributed by atoms with Gasteiger partial charge in [-0.05, 0) is 49.0 Å². The van der Waals surface area contributed by atoms with Gasteiger partial charge in [-0.3, -0.25) is 9.59 Å². The Balaban J connectivity index is 1.43. The third-order valence-corrected chi connectivity index (χ3v) is 8.34. The number of carbonyl (C=O) groups is 2. The molecule has 4 aromatic rings. The predicted octanol–water partition coefficient (Wildman–Crippen LogP) is 5.83. The minimum absolute atomic E-state index is 0.0965. The van der Waals surface area contributed by atoms with Crippen LogP contribution in [0.2, 0.25) is 0 Å². The second-order valence-corrected chi connectivity index (χ2v) is 10.8. The highest BCUT2D eigenvalue weighted by Gasteiger charge is 2.28. The first kappa shape index (κ1) is 29.9. The van der Waals surface area contributed by atoms with Crippen molar-refractivity contribution in [1.29, 1.82) is 0 Å². The fraction of sp³-hybridized carbons (Fsp3) is 0.258. The summed E-state index contributed by atoms with van der Waals surface area (Å²) in [4.78, 5) is 35.4. The second kappa shape index (κ2) is 12.8. The first-order valence-corrected chi connectivity index (χ1v) is 14.4. The van der Waals surface area contributed by atoms with Crippen LogP contribution in [0.3, 0.4) is 0 Å². The highest BCUT2D eigenvalue weighted by molar-refractivity contribution is 7.20. The van der Waals surface area contributed by atoms with Crippen molar-refractivity contribution in [1.82, 2.24) is 9.88 Å². The number of carbonyl (C=O) groups excluding carboxylic acids is 2. The number of piperazine rings is 1. The van der Waals surface area contributed by atoms with Gasteiger partial charge in [0.25, 0.3) is 0 Å². The molecule has 12 heteroatoms. The number of ether oxygens (including phenoxy) is 2. The quantitative estimate of drug-likeness (QED) is 0.172. The number of likely N-dealkylation sites (N-methyl/N-ethyl adjacent to an activating group) is 1. The van der Waals surface area contributed by atoms with Crippen LogP contribution in [-0.2, 0) is 4.79 Å². The van der Waals surface area contributed by atoms with Crippen LogP contribution in [0.5, 0.6) is 11.5 Å². The average Bonchev–Trinajstić information content (AvgIpc) is 3.45. The largest absolute Gasteiger partial charge is 0.494 e. The zero-order valence-electron chi connectivity index (χ0n) is 24.0. The Bertz CT molecular complexity index is 1670. The molecule has 43 heavy (non-hydrogen) atoms. The summed E-state index contributed by atoms with van der Waals surface area (Å²) in [6, 6.07) is 11.8. The molecule has 1 fully saturated rings. The molecule has 0 spiro atoms. The predicted molar refractivity (Wildman–Crippen MR) is 165 cm³/mol. The lowest BCUT2D eigenvalue weighted by atomic mass is 10.1. The van der Waals surface area contributed by atoms with E-state index in [9.17, 15) is 18.4 Å². The molecular weight excluding hydrogens is 576 g/mol. The van der Waals surface area contributed by atoms with Crippen molar-refractivity contribution in [2.24, 2.45) is 0 Å². The summed E-state index contributed by atoms with van der Waals surface area (Å²) < 4.78 is 39.9. The molecule has 2 aromatic heterocycles. The van der Waals surface area contributed by atoms with Crippen LogP contribution in [0.4, 0.5) is 31.7 Å². The van der Waals surface area contributed by atoms with E-state index in [1.54, 1.807) is 12.1 Å². The number of hydrogen-bond acceptors (Lipinski definition) is 9. The highest BCUT2D eigenvalue weighted by Crippen LogP contribution is 2.36. The number of hydrogen-bond donors (Lipinski definition) is 2. The van der Waals surface area contributed by atoms with Crippen LogP contribution in [0.1, 0.15) is 22.2 Å². The number of benzene rings is 2. The maximum absolute atomic E-state index is 15.0. The molecule has 3 heterocycles. The number of nitrogens with zero attached hydrogens (tertiary/aromatic N) is 3. The summed E-state index contributed by atoms with van der Waals surface area (Å²) >= 11 is 1.00. The molecule has 2 aromatic carbocycles. The smallest absolute Gasteiger partial charge is 0.247 e. The van der Waals surface area contributed by atoms with Gasteiger partial charge in [0.2, 0.25) is 11.7 Å². The summed E-state index contributed by atoms with van der Waals surface area (Å²) in [6.07, 6.45) is 1.20. The molecule has 2 N–H and O–H groups in total. The molecule has 0 unspecified atom stereocenters. The van der Waals surface area contributed by atoms with Crippen LogP contribution in [0.15, 0.2) is 55.1 Å². The van der Waals surface area contributed by atoms with Crippen molar-refractivity contribution in [3.05, 3.63) is 77.2 Å². The van der Waals surface area contributed by atoms with Gasteiger partial charge in [0.15, 0.2) is 23.1 Å². The Morgan fingerprint density at radius 1 is 1.00 bits per heavy atom. The zero-order chi connectivity index (χ0) is 30.7. The number of anilines is 4. The van der Waals surface area contributed by atoms with Crippen molar-refractivity contribution < 1.29 is 27.8 Å². The van der Waals surface area contributed by atoms with Crippen LogP contribution in [0, 0.1) is 11.6 Å². The van der Waals surface area contributed by atoms with E-state index in [4.69, 9.17) is 9.47 Å². The van der Waals surface area contributed by atoms with Crippen molar-refractivity contribution in [3.8, 4) is 11.5 Å². The molecule has 1 aliphatic heterocycles. The molecule has 224 valence electrons. The average molecular weight is 608 g/mol. The van der Waals surface area contributed by atoms with Crippen molar-refractivity contribution in [2.45, 2.75) is 6.92 Å². The van der Waals surface area contributed by atoms with E-state index < -0.39 is 23.0 Å². The van der Waals surface area contributed by atoms with Gasteiger partial charge in [-0.25, -0.2) is 13.8 Å². The van der Waals surface area contributed by atoms with E-state index >= 15 is 0 Å². The first-order valence-electron chi connectivity index (χ1n) is 13.6. The Morgan fingerprint density at radius 2 is 1.70 bits per heavy atom. The Morgan fingerprint density at radius 3 is 2.33 bits per heavy atom. The molecule has 9 nitrogen and oxygen atoms in total. The molecule has 1 saturated heterocycles. The van der Waals surface area contributed by atoms with Crippen LogP contribution in [0.25, 0.3) is 10.2 Å². The van der Waals surface area contributed by atoms with Gasteiger partial charge in [0.1, 0.15) is 16.2 Å². The van der Waals surface area contributed by atoms with E-state index in [1.807, 2.05) is 18.2 Å². The normalized spacial score (nSPS) is 13.6. The molecule has 0 bridgehead atoms. The standard InChI is InChI=1S/C31H31F2N5O4S/c1-5-26(39)35-21-16-19(38-13-11-37(6-2)12-14-38)8-9-20(21)34-25-10-7-18-15-24(43-31(18)36-25)30(40)27-28(32)22(41-3)17-23(42-4)29(27)33/h5,7-10,15-17H,1,6,11-14H2,2-4H3,(H,34,36)(H,35,39). The zero-order valence-corrected chi connectivity index (χ0v) is 24.8. The summed E-state index contributed by atoms with van der Waals surface area (Å²) in [5, 5.41) is 6.73. The number of rotatable bonds is 10. The second-order valence-electron chi connectivity index (χ2n) is 9.78. The molecule has 5 rings (SSSR count). The van der Waals surface area contributed by atoms with Gasteiger partial charge in [-0.15, -0.1) is 11.3 Å². The van der Waals surface area contributed by atoms with Crippen molar-refractivity contribution >= 4 is 56.1 Å². The minimum atomic E-state index is -1.11. The molecule has 1 amide bonds. The van der Waals surface area contributed by atoms with Crippen molar-refractivity contribution in [2.75, 3.05) is 62.5 Å². The van der Waals surface area contributed by atoms with Crippen LogP contribution >= 0.6 is 11.3 Å². The topological polar surface area (TPSA) is 96.0 Å². The fourth-order valence-electron chi connectivity index (χ4n) is 4.89. The Hall–Kier alpha value is -4.55. The number of nitrogens with one attached hydrogen (secondary N) is 2. The van der Waals surface area contributed by atoms with Gasteiger partial charge < -0.3 is 29.9 Å². The number of fused-ring (bicyclic) bond motifs is 1. The lowest BCUT2D eigenvalue weighted by molar-refractivity contribution is -0.111. The highest BCUT2D eigenvalue weighted by atomic mass is 32.1. The SMILES string of the molecule is C=CC(=O)Nc1cc(N2CCN(CC)CC2)ccc1Nc1ccc2cc(C(=O)c3c(F)c(OC)cc(OC)c3F)sc2n1. The third-order valence-electron chi connectivity index (χ3n) is 7.30. The molecule has 0 saturated carbocycles. The van der Waals surface area contributed by atoms with Gasteiger partial charge >= 0.3 is 0 Å². The number of pyridine rings is 1. The van der Waals surface area contributed by atoms with E-state index in [0.29, 0.717) is 27.4 Å². The van der Waals surface area contributed by atoms with Crippen LogP contribution in [-0.4, -0.2) is 68.5 Å². The number of halogens is 2. The molecular formula is C31H31F2N5O4S. The molecule has 0 radical (unpaired) electrons. The maximum Gasteiger partial charge on any atom is 0.247 e. The number of aromatic nitrogens is 1. The van der Waals surface area contributed by atoms with E-state index in [0.717, 1.165) is 55.8 Å². The first-order chi connectivity index (χ1) is 20.8. The van der Waals surface area contributed by atoms with E-state index in [-0.39, 0.29) is 22.3 Å².